The highest BCUT2D eigenvalue weighted by Crippen LogP contribution is 2.20. The topological polar surface area (TPSA) is 81.2 Å². The van der Waals surface area contributed by atoms with Crippen LogP contribution in [0.3, 0.4) is 0 Å². The number of hydrogen-bond donors (Lipinski definition) is 2. The molecule has 0 radical (unpaired) electrons. The smallest absolute Gasteiger partial charge is 0.234 e. The van der Waals surface area contributed by atoms with E-state index in [2.05, 4.69) is 10.3 Å². The minimum Gasteiger partial charge on any atom is -0.441 e. The molecule has 0 saturated carbocycles. The molecule has 0 saturated heterocycles. The van der Waals surface area contributed by atoms with Crippen LogP contribution < -0.4 is 11.1 Å². The van der Waals surface area contributed by atoms with E-state index in [0.29, 0.717) is 5.89 Å². The predicted octanol–water partition coefficient (Wildman–Crippen LogP) is 1.27. The number of aromatic nitrogens is 1. The third kappa shape index (κ3) is 2.45. The van der Waals surface area contributed by atoms with Crippen molar-refractivity contribution in [1.82, 2.24) is 10.3 Å². The Bertz CT molecular complexity index is 548. The minimum absolute atomic E-state index is 0.00431. The third-order valence-electron chi connectivity index (χ3n) is 2.58. The summed E-state index contributed by atoms with van der Waals surface area (Å²) < 4.78 is 5.39. The number of aryl methyl sites for hydroxylation is 1. The molecule has 90 valence electrons. The van der Waals surface area contributed by atoms with Gasteiger partial charge in [-0.3, -0.25) is 4.79 Å². The van der Waals surface area contributed by atoms with Gasteiger partial charge < -0.3 is 15.5 Å². The van der Waals surface area contributed by atoms with E-state index >= 15 is 0 Å². The van der Waals surface area contributed by atoms with Crippen molar-refractivity contribution >= 4 is 17.0 Å². The molecule has 0 aliphatic carbocycles. The Labute approximate surface area is 99.0 Å². The lowest BCUT2D eigenvalue weighted by molar-refractivity contribution is -0.120. The fraction of sp³-hybridized carbons (Fsp3) is 0.333. The Kier molecular flexibility index (Phi) is 3.10. The SMILES string of the molecule is Cc1nc2cc(C(C)NC(=O)CN)ccc2o1. The zero-order chi connectivity index (χ0) is 12.4. The second-order valence-corrected chi connectivity index (χ2v) is 3.95. The Morgan fingerprint density at radius 2 is 2.35 bits per heavy atom. The lowest BCUT2D eigenvalue weighted by Crippen LogP contribution is -2.32. The molecule has 0 aliphatic heterocycles. The van der Waals surface area contributed by atoms with Crippen LogP contribution in [0.15, 0.2) is 22.6 Å². The van der Waals surface area contributed by atoms with E-state index in [4.69, 9.17) is 10.2 Å². The first-order valence-electron chi connectivity index (χ1n) is 5.46. The van der Waals surface area contributed by atoms with Gasteiger partial charge in [0.05, 0.1) is 12.6 Å². The summed E-state index contributed by atoms with van der Waals surface area (Å²) in [5, 5.41) is 2.80. The summed E-state index contributed by atoms with van der Waals surface area (Å²) in [6, 6.07) is 5.59. The first-order valence-corrected chi connectivity index (χ1v) is 5.46. The van der Waals surface area contributed by atoms with Crippen molar-refractivity contribution < 1.29 is 9.21 Å². The lowest BCUT2D eigenvalue weighted by Gasteiger charge is -2.13. The maximum Gasteiger partial charge on any atom is 0.234 e. The molecule has 0 aliphatic rings. The van der Waals surface area contributed by atoms with E-state index in [-0.39, 0.29) is 18.5 Å². The highest BCUT2D eigenvalue weighted by atomic mass is 16.3. The molecular formula is C12H15N3O2. The zero-order valence-electron chi connectivity index (χ0n) is 9.86. The van der Waals surface area contributed by atoms with Gasteiger partial charge in [0.2, 0.25) is 5.91 Å². The highest BCUT2D eigenvalue weighted by Gasteiger charge is 2.10. The molecule has 1 amide bonds. The third-order valence-corrected chi connectivity index (χ3v) is 2.58. The summed E-state index contributed by atoms with van der Waals surface area (Å²) in [6.07, 6.45) is 0. The van der Waals surface area contributed by atoms with E-state index in [1.54, 1.807) is 6.92 Å². The molecule has 2 rings (SSSR count). The number of amides is 1. The van der Waals surface area contributed by atoms with Crippen molar-refractivity contribution in [2.75, 3.05) is 6.54 Å². The van der Waals surface area contributed by atoms with Crippen LogP contribution in [-0.2, 0) is 4.79 Å². The molecular weight excluding hydrogens is 218 g/mol. The van der Waals surface area contributed by atoms with Crippen LogP contribution in [0.2, 0.25) is 0 Å². The zero-order valence-corrected chi connectivity index (χ0v) is 9.86. The van der Waals surface area contributed by atoms with Crippen LogP contribution in [0.25, 0.3) is 11.1 Å². The summed E-state index contributed by atoms with van der Waals surface area (Å²) in [7, 11) is 0. The number of carbonyl (C=O) groups excluding carboxylic acids is 1. The second kappa shape index (κ2) is 4.55. The van der Waals surface area contributed by atoms with Gasteiger partial charge in [0.25, 0.3) is 0 Å². The molecule has 5 heteroatoms. The standard InChI is InChI=1S/C12H15N3O2/c1-7(14-12(16)6-13)9-3-4-11-10(5-9)15-8(2)17-11/h3-5,7H,6,13H2,1-2H3,(H,14,16). The first kappa shape index (κ1) is 11.6. The molecule has 17 heavy (non-hydrogen) atoms. The molecule has 1 atom stereocenters. The van der Waals surface area contributed by atoms with Crippen molar-refractivity contribution in [2.24, 2.45) is 5.73 Å². The number of nitrogens with one attached hydrogen (secondary N) is 1. The number of oxazole rings is 1. The van der Waals surface area contributed by atoms with Gasteiger partial charge in [-0.1, -0.05) is 6.07 Å². The summed E-state index contributed by atoms with van der Waals surface area (Å²) >= 11 is 0. The van der Waals surface area contributed by atoms with Crippen molar-refractivity contribution in [3.8, 4) is 0 Å². The molecule has 2 aromatic rings. The van der Waals surface area contributed by atoms with Crippen LogP contribution in [0, 0.1) is 6.92 Å². The van der Waals surface area contributed by atoms with Crippen LogP contribution in [-0.4, -0.2) is 17.4 Å². The summed E-state index contributed by atoms with van der Waals surface area (Å²) in [4.78, 5) is 15.4. The Morgan fingerprint density at radius 3 is 3.06 bits per heavy atom. The molecule has 0 fully saturated rings. The Balaban J connectivity index is 2.26. The number of carbonyl (C=O) groups is 1. The predicted molar refractivity (Wildman–Crippen MR) is 64.4 cm³/mol. The molecule has 1 aromatic heterocycles. The Hall–Kier alpha value is -1.88. The van der Waals surface area contributed by atoms with Gasteiger partial charge in [0.15, 0.2) is 11.5 Å². The second-order valence-electron chi connectivity index (χ2n) is 3.95. The van der Waals surface area contributed by atoms with Gasteiger partial charge in [0.1, 0.15) is 5.52 Å². The van der Waals surface area contributed by atoms with E-state index in [1.807, 2.05) is 25.1 Å². The first-order chi connectivity index (χ1) is 8.10. The number of nitrogens with two attached hydrogens (primary N) is 1. The number of benzene rings is 1. The largest absolute Gasteiger partial charge is 0.441 e. The van der Waals surface area contributed by atoms with Crippen LogP contribution in [0.5, 0.6) is 0 Å². The van der Waals surface area contributed by atoms with Crippen LogP contribution in [0.1, 0.15) is 24.4 Å². The van der Waals surface area contributed by atoms with E-state index < -0.39 is 0 Å². The molecule has 0 spiro atoms. The fourth-order valence-corrected chi connectivity index (χ4v) is 1.71. The lowest BCUT2D eigenvalue weighted by atomic mass is 10.1. The number of fused-ring (bicyclic) bond motifs is 1. The maximum atomic E-state index is 11.2. The van der Waals surface area contributed by atoms with Gasteiger partial charge in [0, 0.05) is 6.92 Å². The van der Waals surface area contributed by atoms with Crippen molar-refractivity contribution in [3.05, 3.63) is 29.7 Å². The van der Waals surface area contributed by atoms with E-state index in [9.17, 15) is 4.79 Å². The summed E-state index contributed by atoms with van der Waals surface area (Å²) in [6.45, 7) is 3.70. The van der Waals surface area contributed by atoms with Gasteiger partial charge in [-0.2, -0.15) is 0 Å². The van der Waals surface area contributed by atoms with E-state index in [0.717, 1.165) is 16.7 Å². The van der Waals surface area contributed by atoms with Gasteiger partial charge in [-0.25, -0.2) is 4.98 Å². The van der Waals surface area contributed by atoms with Gasteiger partial charge in [-0.05, 0) is 24.6 Å². The molecule has 3 N–H and O–H groups in total. The maximum absolute atomic E-state index is 11.2. The van der Waals surface area contributed by atoms with Gasteiger partial charge >= 0.3 is 0 Å². The van der Waals surface area contributed by atoms with E-state index in [1.165, 1.54) is 0 Å². The summed E-state index contributed by atoms with van der Waals surface area (Å²) in [5.74, 6) is 0.463. The van der Waals surface area contributed by atoms with Crippen molar-refractivity contribution in [2.45, 2.75) is 19.9 Å². The monoisotopic (exact) mass is 233 g/mol. The number of nitrogens with zero attached hydrogens (tertiary/aromatic N) is 1. The van der Waals surface area contributed by atoms with Crippen LogP contribution >= 0.6 is 0 Å². The summed E-state index contributed by atoms with van der Waals surface area (Å²) in [5.41, 5.74) is 7.79. The average Bonchev–Trinajstić information content (AvgIpc) is 2.67. The average molecular weight is 233 g/mol. The molecule has 1 aromatic carbocycles. The molecule has 0 bridgehead atoms. The minimum atomic E-state index is -0.172. The molecule has 1 unspecified atom stereocenters. The van der Waals surface area contributed by atoms with Crippen molar-refractivity contribution in [3.63, 3.8) is 0 Å². The normalized spacial score (nSPS) is 12.6. The van der Waals surface area contributed by atoms with Crippen molar-refractivity contribution in [1.29, 1.82) is 0 Å². The fourth-order valence-electron chi connectivity index (χ4n) is 1.71. The quantitative estimate of drug-likeness (QED) is 0.836. The number of rotatable bonds is 3. The molecule has 5 nitrogen and oxygen atoms in total. The van der Waals surface area contributed by atoms with Crippen LogP contribution in [0.4, 0.5) is 0 Å². The number of hydrogen-bond acceptors (Lipinski definition) is 4. The van der Waals surface area contributed by atoms with Gasteiger partial charge in [-0.15, -0.1) is 0 Å². The molecule has 1 heterocycles. The Morgan fingerprint density at radius 1 is 1.59 bits per heavy atom. The highest BCUT2D eigenvalue weighted by molar-refractivity contribution is 5.78.